The fourth-order valence-electron chi connectivity index (χ4n) is 2.69. The van der Waals surface area contributed by atoms with Gasteiger partial charge < -0.3 is 10.4 Å². The van der Waals surface area contributed by atoms with Crippen LogP contribution in [0.4, 0.5) is 5.69 Å². The molecule has 0 saturated heterocycles. The fourth-order valence-corrected chi connectivity index (χ4v) is 3.37. The minimum atomic E-state index is -3.63. The molecule has 0 atom stereocenters. The van der Waals surface area contributed by atoms with Crippen LogP contribution in [0.5, 0.6) is 0 Å². The standard InChI is InChI=1S/C19H21NO5S/c1-12-7-5-6-8-16(12)19(2,3)18(23)20-14-9-13(17(21)22)10-15(11-14)26(4,24)25/h5-11H,1-4H3,(H,20,23)(H,21,22). The average molecular weight is 375 g/mol. The van der Waals surface area contributed by atoms with Gasteiger partial charge in [-0.1, -0.05) is 24.3 Å². The number of hydrogen-bond donors (Lipinski definition) is 2. The zero-order chi connectivity index (χ0) is 19.7. The molecular formula is C19H21NO5S. The number of amides is 1. The van der Waals surface area contributed by atoms with E-state index in [1.54, 1.807) is 13.8 Å². The number of benzene rings is 2. The van der Waals surface area contributed by atoms with E-state index in [1.807, 2.05) is 31.2 Å². The number of nitrogens with one attached hydrogen (secondary N) is 1. The van der Waals surface area contributed by atoms with Crippen LogP contribution in [0.3, 0.4) is 0 Å². The van der Waals surface area contributed by atoms with Gasteiger partial charge >= 0.3 is 5.97 Å². The van der Waals surface area contributed by atoms with E-state index < -0.39 is 21.2 Å². The van der Waals surface area contributed by atoms with Crippen LogP contribution >= 0.6 is 0 Å². The Bertz CT molecular complexity index is 977. The van der Waals surface area contributed by atoms with E-state index in [1.165, 1.54) is 12.1 Å². The van der Waals surface area contributed by atoms with E-state index in [9.17, 15) is 23.1 Å². The largest absolute Gasteiger partial charge is 0.478 e. The zero-order valence-corrected chi connectivity index (χ0v) is 15.8. The third-order valence-electron chi connectivity index (χ3n) is 4.23. The Morgan fingerprint density at radius 1 is 1.08 bits per heavy atom. The molecule has 0 heterocycles. The normalized spacial score (nSPS) is 11.8. The summed E-state index contributed by atoms with van der Waals surface area (Å²) < 4.78 is 23.6. The summed E-state index contributed by atoms with van der Waals surface area (Å²) in [4.78, 5) is 23.9. The Hall–Kier alpha value is -2.67. The molecule has 0 aliphatic heterocycles. The lowest BCUT2D eigenvalue weighted by Gasteiger charge is -2.26. The first-order valence-corrected chi connectivity index (χ1v) is 9.78. The van der Waals surface area contributed by atoms with Gasteiger partial charge in [-0.15, -0.1) is 0 Å². The Morgan fingerprint density at radius 2 is 1.69 bits per heavy atom. The lowest BCUT2D eigenvalue weighted by Crippen LogP contribution is -2.35. The third-order valence-corrected chi connectivity index (χ3v) is 5.32. The van der Waals surface area contributed by atoms with E-state index in [4.69, 9.17) is 0 Å². The molecule has 6 nitrogen and oxygen atoms in total. The number of rotatable bonds is 5. The number of carbonyl (C=O) groups excluding carboxylic acids is 1. The number of sulfone groups is 1. The summed E-state index contributed by atoms with van der Waals surface area (Å²) >= 11 is 0. The molecule has 2 N–H and O–H groups in total. The van der Waals surface area contributed by atoms with Crippen molar-refractivity contribution >= 4 is 27.4 Å². The predicted molar refractivity (Wildman–Crippen MR) is 99.3 cm³/mol. The first-order chi connectivity index (χ1) is 11.9. The fraction of sp³-hybridized carbons (Fsp3) is 0.263. The molecule has 0 fully saturated rings. The number of carboxylic acid groups (broad SMARTS) is 1. The average Bonchev–Trinajstić information content (AvgIpc) is 2.53. The van der Waals surface area contributed by atoms with Crippen molar-refractivity contribution in [2.24, 2.45) is 0 Å². The number of carboxylic acids is 1. The first kappa shape index (κ1) is 19.7. The van der Waals surface area contributed by atoms with E-state index in [0.29, 0.717) is 0 Å². The maximum absolute atomic E-state index is 12.8. The number of aromatic carboxylic acids is 1. The molecule has 0 radical (unpaired) electrons. The van der Waals surface area contributed by atoms with Gasteiger partial charge in [-0.05, 0) is 50.1 Å². The molecule has 2 aromatic carbocycles. The second kappa shape index (κ2) is 6.92. The lowest BCUT2D eigenvalue weighted by atomic mass is 9.81. The van der Waals surface area contributed by atoms with E-state index in [-0.39, 0.29) is 22.1 Å². The van der Waals surface area contributed by atoms with E-state index in [2.05, 4.69) is 5.32 Å². The molecule has 0 saturated carbocycles. The summed E-state index contributed by atoms with van der Waals surface area (Å²) in [6.07, 6.45) is 0.983. The SMILES string of the molecule is Cc1ccccc1C(C)(C)C(=O)Nc1cc(C(=O)O)cc(S(C)(=O)=O)c1. The van der Waals surface area contributed by atoms with Gasteiger partial charge in [0, 0.05) is 11.9 Å². The molecule has 0 bridgehead atoms. The molecule has 138 valence electrons. The van der Waals surface area contributed by atoms with Crippen molar-refractivity contribution in [3.05, 3.63) is 59.2 Å². The van der Waals surface area contributed by atoms with Crippen molar-refractivity contribution in [1.29, 1.82) is 0 Å². The van der Waals surface area contributed by atoms with Crippen LogP contribution in [0, 0.1) is 6.92 Å². The summed E-state index contributed by atoms with van der Waals surface area (Å²) in [5.41, 5.74) is 0.795. The highest BCUT2D eigenvalue weighted by atomic mass is 32.2. The van der Waals surface area contributed by atoms with Gasteiger partial charge in [0.25, 0.3) is 0 Å². The van der Waals surface area contributed by atoms with Gasteiger partial charge in [-0.3, -0.25) is 4.79 Å². The summed E-state index contributed by atoms with van der Waals surface area (Å²) in [5.74, 6) is -1.64. The minimum Gasteiger partial charge on any atom is -0.478 e. The molecule has 1 amide bonds. The molecule has 0 aliphatic rings. The number of carbonyl (C=O) groups is 2. The molecule has 7 heteroatoms. The van der Waals surface area contributed by atoms with Crippen LogP contribution in [0.15, 0.2) is 47.4 Å². The smallest absolute Gasteiger partial charge is 0.335 e. The first-order valence-electron chi connectivity index (χ1n) is 7.89. The van der Waals surface area contributed by atoms with Crippen LogP contribution in [-0.4, -0.2) is 31.7 Å². The Kier molecular flexibility index (Phi) is 5.23. The molecule has 0 unspecified atom stereocenters. The number of aryl methyl sites for hydroxylation is 1. The van der Waals surface area contributed by atoms with Crippen molar-refractivity contribution in [3.63, 3.8) is 0 Å². The molecule has 0 aromatic heterocycles. The van der Waals surface area contributed by atoms with Crippen molar-refractivity contribution in [2.75, 3.05) is 11.6 Å². The quantitative estimate of drug-likeness (QED) is 0.837. The molecule has 2 rings (SSSR count). The van der Waals surface area contributed by atoms with Gasteiger partial charge in [0.1, 0.15) is 0 Å². The van der Waals surface area contributed by atoms with Crippen molar-refractivity contribution < 1.29 is 23.1 Å². The van der Waals surface area contributed by atoms with Gasteiger partial charge in [0.05, 0.1) is 15.9 Å². The van der Waals surface area contributed by atoms with Crippen molar-refractivity contribution in [3.8, 4) is 0 Å². The van der Waals surface area contributed by atoms with Gasteiger partial charge in [-0.25, -0.2) is 13.2 Å². The zero-order valence-electron chi connectivity index (χ0n) is 15.0. The monoisotopic (exact) mass is 375 g/mol. The second-order valence-corrected chi connectivity index (χ2v) is 8.73. The minimum absolute atomic E-state index is 0.122. The van der Waals surface area contributed by atoms with Gasteiger partial charge in [0.15, 0.2) is 9.84 Å². The maximum Gasteiger partial charge on any atom is 0.335 e. The van der Waals surface area contributed by atoms with Crippen molar-refractivity contribution in [1.82, 2.24) is 0 Å². The molecule has 0 aliphatic carbocycles. The second-order valence-electron chi connectivity index (χ2n) is 6.72. The van der Waals surface area contributed by atoms with Gasteiger partial charge in [-0.2, -0.15) is 0 Å². The highest BCUT2D eigenvalue weighted by Gasteiger charge is 2.31. The van der Waals surface area contributed by atoms with Crippen LogP contribution in [0.25, 0.3) is 0 Å². The van der Waals surface area contributed by atoms with E-state index in [0.717, 1.165) is 23.4 Å². The van der Waals surface area contributed by atoms with Crippen molar-refractivity contribution in [2.45, 2.75) is 31.1 Å². The Labute approximate surface area is 152 Å². The van der Waals surface area contributed by atoms with E-state index >= 15 is 0 Å². The number of anilines is 1. The summed E-state index contributed by atoms with van der Waals surface area (Å²) in [6.45, 7) is 5.41. The van der Waals surface area contributed by atoms with Crippen LogP contribution in [0.1, 0.15) is 35.3 Å². The summed E-state index contributed by atoms with van der Waals surface area (Å²) in [5, 5.41) is 11.8. The lowest BCUT2D eigenvalue weighted by molar-refractivity contribution is -0.120. The highest BCUT2D eigenvalue weighted by Crippen LogP contribution is 2.28. The Morgan fingerprint density at radius 3 is 2.23 bits per heavy atom. The molecule has 2 aromatic rings. The molecule has 26 heavy (non-hydrogen) atoms. The summed E-state index contributed by atoms with van der Waals surface area (Å²) in [6, 6.07) is 11.0. The highest BCUT2D eigenvalue weighted by molar-refractivity contribution is 7.90. The predicted octanol–water partition coefficient (Wildman–Crippen LogP) is 3.01. The Balaban J connectivity index is 2.44. The number of hydrogen-bond acceptors (Lipinski definition) is 4. The topological polar surface area (TPSA) is 101 Å². The molecule has 0 spiro atoms. The maximum atomic E-state index is 12.8. The van der Waals surface area contributed by atoms with Crippen LogP contribution in [-0.2, 0) is 20.0 Å². The summed E-state index contributed by atoms with van der Waals surface area (Å²) in [7, 11) is -3.63. The molecular weight excluding hydrogens is 354 g/mol. The van der Waals surface area contributed by atoms with Crippen LogP contribution < -0.4 is 5.32 Å². The van der Waals surface area contributed by atoms with Gasteiger partial charge in [0.2, 0.25) is 5.91 Å². The van der Waals surface area contributed by atoms with Crippen LogP contribution in [0.2, 0.25) is 0 Å². The third kappa shape index (κ3) is 4.11.